The Kier molecular flexibility index (Phi) is 6.62. The normalized spacial score (nSPS) is 20.0. The van der Waals surface area contributed by atoms with Gasteiger partial charge >= 0.3 is 6.18 Å². The molecule has 134 valence electrons. The maximum Gasteiger partial charge on any atom is 0.416 e. The second-order valence-electron chi connectivity index (χ2n) is 5.81. The van der Waals surface area contributed by atoms with Crippen LogP contribution in [0.2, 0.25) is 0 Å². The van der Waals surface area contributed by atoms with Gasteiger partial charge in [-0.15, -0.1) is 0 Å². The number of hydrogen-bond acceptors (Lipinski definition) is 3. The minimum absolute atomic E-state index is 0.151. The lowest BCUT2D eigenvalue weighted by atomic mass is 10.0. The van der Waals surface area contributed by atoms with Crippen LogP contribution in [0.25, 0.3) is 0 Å². The Labute approximate surface area is 139 Å². The average molecular weight is 345 g/mol. The molecule has 4 nitrogen and oxygen atoms in total. The fourth-order valence-electron chi connectivity index (χ4n) is 2.63. The van der Waals surface area contributed by atoms with Crippen molar-refractivity contribution in [1.82, 2.24) is 5.32 Å². The summed E-state index contributed by atoms with van der Waals surface area (Å²) in [6.07, 6.45) is -2.94. The Morgan fingerprint density at radius 2 is 2.00 bits per heavy atom. The molecule has 24 heavy (non-hydrogen) atoms. The van der Waals surface area contributed by atoms with Gasteiger partial charge < -0.3 is 14.8 Å². The average Bonchev–Trinajstić information content (AvgIpc) is 3.29. The molecule has 1 fully saturated rings. The maximum absolute atomic E-state index is 13.0. The predicted octanol–water partition coefficient (Wildman–Crippen LogP) is 3.12. The number of rotatable bonds is 9. The molecular formula is C17H22F3NO3. The Hall–Kier alpha value is -1.60. The number of nitrogens with one attached hydrogen (secondary N) is 1. The van der Waals surface area contributed by atoms with Crippen LogP contribution in [0.4, 0.5) is 13.2 Å². The third kappa shape index (κ3) is 5.49. The van der Waals surface area contributed by atoms with Gasteiger partial charge in [0.25, 0.3) is 0 Å². The Morgan fingerprint density at radius 1 is 1.25 bits per heavy atom. The third-order valence-corrected chi connectivity index (χ3v) is 3.93. The number of amides is 1. The highest BCUT2D eigenvalue weighted by Gasteiger charge is 2.44. The minimum Gasteiger partial charge on any atom is -0.382 e. The zero-order valence-electron chi connectivity index (χ0n) is 13.6. The zero-order valence-corrected chi connectivity index (χ0v) is 13.6. The molecule has 0 spiro atoms. The molecule has 0 radical (unpaired) electrons. The first kappa shape index (κ1) is 18.7. The predicted molar refractivity (Wildman–Crippen MR) is 82.7 cm³/mol. The number of ether oxygens (including phenoxy) is 2. The molecule has 0 aliphatic heterocycles. The molecule has 0 unspecified atom stereocenters. The summed E-state index contributed by atoms with van der Waals surface area (Å²) in [6, 6.07) is 5.34. The molecule has 0 bridgehead atoms. The van der Waals surface area contributed by atoms with E-state index in [4.69, 9.17) is 9.47 Å². The highest BCUT2D eigenvalue weighted by atomic mass is 19.4. The van der Waals surface area contributed by atoms with Crippen LogP contribution in [-0.4, -0.2) is 38.9 Å². The Balaban J connectivity index is 1.75. The number of halogens is 3. The molecule has 1 aromatic rings. The van der Waals surface area contributed by atoms with Crippen molar-refractivity contribution in [1.29, 1.82) is 0 Å². The molecule has 2 rings (SSSR count). The van der Waals surface area contributed by atoms with E-state index in [0.29, 0.717) is 39.1 Å². The van der Waals surface area contributed by atoms with E-state index in [-0.39, 0.29) is 23.4 Å². The minimum atomic E-state index is -4.37. The van der Waals surface area contributed by atoms with E-state index in [0.717, 1.165) is 6.07 Å². The van der Waals surface area contributed by atoms with Gasteiger partial charge in [0.15, 0.2) is 0 Å². The smallest absolute Gasteiger partial charge is 0.382 e. The summed E-state index contributed by atoms with van der Waals surface area (Å²) < 4.78 is 49.1. The fraction of sp³-hybridized carbons (Fsp3) is 0.588. The second-order valence-corrected chi connectivity index (χ2v) is 5.81. The summed E-state index contributed by atoms with van der Waals surface area (Å²) in [6.45, 7) is 1.45. The van der Waals surface area contributed by atoms with Gasteiger partial charge in [0, 0.05) is 32.1 Å². The highest BCUT2D eigenvalue weighted by Crippen LogP contribution is 2.46. The number of carbonyl (C=O) groups is 1. The number of benzene rings is 1. The molecule has 2 atom stereocenters. The lowest BCUT2D eigenvalue weighted by molar-refractivity contribution is -0.138. The molecule has 1 amide bonds. The van der Waals surface area contributed by atoms with E-state index in [1.165, 1.54) is 12.1 Å². The lowest BCUT2D eigenvalue weighted by Gasteiger charge is -2.12. The quantitative estimate of drug-likeness (QED) is 0.700. The first-order chi connectivity index (χ1) is 11.4. The van der Waals surface area contributed by atoms with Crippen molar-refractivity contribution >= 4 is 5.91 Å². The van der Waals surface area contributed by atoms with Gasteiger partial charge in [-0.05, 0) is 24.5 Å². The van der Waals surface area contributed by atoms with Gasteiger partial charge in [-0.1, -0.05) is 18.2 Å². The van der Waals surface area contributed by atoms with Gasteiger partial charge in [0.2, 0.25) is 5.91 Å². The summed E-state index contributed by atoms with van der Waals surface area (Å²) >= 11 is 0. The number of carbonyl (C=O) groups excluding carboxylic acids is 1. The van der Waals surface area contributed by atoms with Gasteiger partial charge in [-0.25, -0.2) is 0 Å². The van der Waals surface area contributed by atoms with Crippen molar-refractivity contribution < 1.29 is 27.4 Å². The molecule has 1 aliphatic rings. The van der Waals surface area contributed by atoms with Crippen LogP contribution in [-0.2, 0) is 20.4 Å². The molecule has 7 heteroatoms. The molecule has 0 aromatic heterocycles. The summed E-state index contributed by atoms with van der Waals surface area (Å²) in [5.41, 5.74) is -0.350. The standard InChI is InChI=1S/C17H22F3NO3/c1-23-9-10-24-8-4-7-16(22)21-15-11-13(15)12-5-2-3-6-14(12)17(18,19)20/h2-3,5-6,13,15H,4,7-11H2,1H3,(H,21,22)/t13-,15+/m1/s1. The monoisotopic (exact) mass is 345 g/mol. The van der Waals surface area contributed by atoms with E-state index >= 15 is 0 Å². The first-order valence-electron chi connectivity index (χ1n) is 7.95. The summed E-state index contributed by atoms with van der Waals surface area (Å²) in [7, 11) is 1.58. The third-order valence-electron chi connectivity index (χ3n) is 3.93. The molecular weight excluding hydrogens is 323 g/mol. The Bertz CT molecular complexity index is 548. The SMILES string of the molecule is COCCOCCCC(=O)N[C@H]1C[C@@H]1c1ccccc1C(F)(F)F. The topological polar surface area (TPSA) is 47.6 Å². The van der Waals surface area contributed by atoms with Crippen molar-refractivity contribution in [2.75, 3.05) is 26.9 Å². The van der Waals surface area contributed by atoms with E-state index < -0.39 is 11.7 Å². The summed E-state index contributed by atoms with van der Waals surface area (Å²) in [5.74, 6) is -0.410. The fourth-order valence-corrected chi connectivity index (χ4v) is 2.63. The highest BCUT2D eigenvalue weighted by molar-refractivity contribution is 5.76. The maximum atomic E-state index is 13.0. The summed E-state index contributed by atoms with van der Waals surface area (Å²) in [4.78, 5) is 11.8. The molecule has 1 saturated carbocycles. The van der Waals surface area contributed by atoms with Crippen LogP contribution < -0.4 is 5.32 Å². The number of hydrogen-bond donors (Lipinski definition) is 1. The molecule has 0 heterocycles. The van der Waals surface area contributed by atoms with Crippen LogP contribution in [0.1, 0.15) is 36.3 Å². The van der Waals surface area contributed by atoms with Gasteiger partial charge in [0.05, 0.1) is 18.8 Å². The second kappa shape index (κ2) is 8.48. The van der Waals surface area contributed by atoms with E-state index in [1.807, 2.05) is 0 Å². The van der Waals surface area contributed by atoms with E-state index in [9.17, 15) is 18.0 Å². The molecule has 0 saturated heterocycles. The molecule has 1 N–H and O–H groups in total. The van der Waals surface area contributed by atoms with Crippen molar-refractivity contribution in [3.8, 4) is 0 Å². The van der Waals surface area contributed by atoms with Crippen LogP contribution in [0, 0.1) is 0 Å². The summed E-state index contributed by atoms with van der Waals surface area (Å²) in [5, 5.41) is 2.80. The van der Waals surface area contributed by atoms with E-state index in [2.05, 4.69) is 5.32 Å². The van der Waals surface area contributed by atoms with Gasteiger partial charge in [-0.3, -0.25) is 4.79 Å². The molecule has 1 aromatic carbocycles. The van der Waals surface area contributed by atoms with Crippen molar-refractivity contribution in [2.24, 2.45) is 0 Å². The van der Waals surface area contributed by atoms with E-state index in [1.54, 1.807) is 13.2 Å². The van der Waals surface area contributed by atoms with Crippen molar-refractivity contribution in [3.63, 3.8) is 0 Å². The number of alkyl halides is 3. The molecule has 1 aliphatic carbocycles. The van der Waals surface area contributed by atoms with Crippen LogP contribution in [0.5, 0.6) is 0 Å². The van der Waals surface area contributed by atoms with Gasteiger partial charge in [-0.2, -0.15) is 13.2 Å². The van der Waals surface area contributed by atoms with Crippen molar-refractivity contribution in [3.05, 3.63) is 35.4 Å². The van der Waals surface area contributed by atoms with Gasteiger partial charge in [0.1, 0.15) is 0 Å². The van der Waals surface area contributed by atoms with Crippen LogP contribution in [0.3, 0.4) is 0 Å². The zero-order chi connectivity index (χ0) is 17.6. The number of methoxy groups -OCH3 is 1. The largest absolute Gasteiger partial charge is 0.416 e. The van der Waals surface area contributed by atoms with Crippen molar-refractivity contribution in [2.45, 2.75) is 37.4 Å². The van der Waals surface area contributed by atoms with Crippen LogP contribution in [0.15, 0.2) is 24.3 Å². The lowest BCUT2D eigenvalue weighted by Crippen LogP contribution is -2.27. The Morgan fingerprint density at radius 3 is 2.71 bits per heavy atom. The van der Waals surface area contributed by atoms with Crippen LogP contribution >= 0.6 is 0 Å². The first-order valence-corrected chi connectivity index (χ1v) is 7.95.